The third-order valence-electron chi connectivity index (χ3n) is 2.89. The van der Waals surface area contributed by atoms with Crippen molar-refractivity contribution in [3.63, 3.8) is 0 Å². The van der Waals surface area contributed by atoms with Gasteiger partial charge in [0.2, 0.25) is 0 Å². The van der Waals surface area contributed by atoms with Crippen LogP contribution in [0.4, 0.5) is 0 Å². The smallest absolute Gasteiger partial charge is 0.0203 e. The maximum atomic E-state index is 6.40. The fourth-order valence-corrected chi connectivity index (χ4v) is 1.77. The molecule has 0 aliphatic carbocycles. The fraction of sp³-hybridized carbons (Fsp3) is 1.00. The zero-order valence-electron chi connectivity index (χ0n) is 9.41. The van der Waals surface area contributed by atoms with Gasteiger partial charge in [0.25, 0.3) is 0 Å². The predicted molar refractivity (Wildman–Crippen MR) is 56.2 cm³/mol. The van der Waals surface area contributed by atoms with Crippen molar-refractivity contribution in [2.45, 2.75) is 65.8 Å². The van der Waals surface area contributed by atoms with Crippen LogP contribution in [0.1, 0.15) is 60.3 Å². The molecule has 74 valence electrons. The van der Waals surface area contributed by atoms with Gasteiger partial charge >= 0.3 is 0 Å². The quantitative estimate of drug-likeness (QED) is 0.690. The fourth-order valence-electron chi connectivity index (χ4n) is 1.77. The van der Waals surface area contributed by atoms with Gasteiger partial charge in [-0.15, -0.1) is 0 Å². The largest absolute Gasteiger partial charge is 0.325 e. The summed E-state index contributed by atoms with van der Waals surface area (Å²) in [7, 11) is 0. The second-order valence-electron chi connectivity index (χ2n) is 4.91. The van der Waals surface area contributed by atoms with E-state index in [1.807, 2.05) is 0 Å². The molecule has 0 atom stereocenters. The molecule has 1 nitrogen and oxygen atoms in total. The lowest BCUT2D eigenvalue weighted by Gasteiger charge is -2.42. The van der Waals surface area contributed by atoms with E-state index >= 15 is 0 Å². The molecule has 0 radical (unpaired) electrons. The number of hydrogen-bond donors (Lipinski definition) is 1. The molecule has 0 fully saturated rings. The minimum atomic E-state index is 0.0382. The third-order valence-corrected chi connectivity index (χ3v) is 2.89. The molecule has 1 heteroatoms. The molecule has 0 aromatic rings. The van der Waals surface area contributed by atoms with Crippen LogP contribution in [0.15, 0.2) is 0 Å². The van der Waals surface area contributed by atoms with Crippen molar-refractivity contribution in [1.29, 1.82) is 0 Å². The Balaban J connectivity index is 4.38. The van der Waals surface area contributed by atoms with Gasteiger partial charge in [0.1, 0.15) is 0 Å². The molecule has 0 unspecified atom stereocenters. The van der Waals surface area contributed by atoms with E-state index in [9.17, 15) is 0 Å². The van der Waals surface area contributed by atoms with Gasteiger partial charge in [0.15, 0.2) is 0 Å². The Morgan fingerprint density at radius 1 is 0.917 bits per heavy atom. The molecule has 0 saturated heterocycles. The predicted octanol–water partition coefficient (Wildman–Crippen LogP) is 3.33. The van der Waals surface area contributed by atoms with Gasteiger partial charge < -0.3 is 5.73 Å². The Hall–Kier alpha value is -0.0400. The van der Waals surface area contributed by atoms with Gasteiger partial charge in [-0.05, 0) is 18.3 Å². The summed E-state index contributed by atoms with van der Waals surface area (Å²) in [5.41, 5.74) is 6.67. The van der Waals surface area contributed by atoms with Crippen LogP contribution in [-0.4, -0.2) is 5.54 Å². The van der Waals surface area contributed by atoms with Crippen LogP contribution in [0, 0.1) is 5.41 Å². The van der Waals surface area contributed by atoms with E-state index in [1.54, 1.807) is 0 Å². The molecule has 0 bridgehead atoms. The highest BCUT2D eigenvalue weighted by atomic mass is 14.8. The van der Waals surface area contributed by atoms with E-state index < -0.39 is 0 Å². The van der Waals surface area contributed by atoms with E-state index in [-0.39, 0.29) is 11.0 Å². The first-order chi connectivity index (χ1) is 5.37. The number of nitrogens with two attached hydrogens (primary N) is 1. The van der Waals surface area contributed by atoms with E-state index in [2.05, 4.69) is 34.6 Å². The van der Waals surface area contributed by atoms with Crippen LogP contribution < -0.4 is 5.73 Å². The topological polar surface area (TPSA) is 26.0 Å². The van der Waals surface area contributed by atoms with Gasteiger partial charge in [-0.2, -0.15) is 0 Å². The molecule has 0 aliphatic heterocycles. The highest BCUT2D eigenvalue weighted by molar-refractivity contribution is 4.94. The summed E-state index contributed by atoms with van der Waals surface area (Å²) >= 11 is 0. The summed E-state index contributed by atoms with van der Waals surface area (Å²) in [6.45, 7) is 11.2. The van der Waals surface area contributed by atoms with Crippen molar-refractivity contribution >= 4 is 0 Å². The van der Waals surface area contributed by atoms with Crippen LogP contribution >= 0.6 is 0 Å². The average molecular weight is 171 g/mol. The summed E-state index contributed by atoms with van der Waals surface area (Å²) in [6.07, 6.45) is 4.66. The molecule has 0 saturated carbocycles. The molecular weight excluding hydrogens is 146 g/mol. The highest BCUT2D eigenvalue weighted by Crippen LogP contribution is 2.35. The lowest BCUT2D eigenvalue weighted by atomic mass is 9.69. The van der Waals surface area contributed by atoms with Crippen molar-refractivity contribution in [2.24, 2.45) is 11.1 Å². The molecule has 0 amide bonds. The summed E-state index contributed by atoms with van der Waals surface area (Å²) in [4.78, 5) is 0. The van der Waals surface area contributed by atoms with Gasteiger partial charge in [-0.3, -0.25) is 0 Å². The van der Waals surface area contributed by atoms with Gasteiger partial charge in [0, 0.05) is 5.54 Å². The van der Waals surface area contributed by atoms with Crippen molar-refractivity contribution in [3.8, 4) is 0 Å². The number of hydrogen-bond acceptors (Lipinski definition) is 1. The maximum Gasteiger partial charge on any atom is 0.0203 e. The van der Waals surface area contributed by atoms with E-state index in [0.29, 0.717) is 0 Å². The van der Waals surface area contributed by atoms with Gasteiger partial charge in [-0.1, -0.05) is 47.5 Å². The molecule has 0 aromatic carbocycles. The zero-order valence-corrected chi connectivity index (χ0v) is 9.41. The van der Waals surface area contributed by atoms with Crippen LogP contribution in [0.2, 0.25) is 0 Å². The molecule has 12 heavy (non-hydrogen) atoms. The van der Waals surface area contributed by atoms with Crippen molar-refractivity contribution in [3.05, 3.63) is 0 Å². The lowest BCUT2D eigenvalue weighted by molar-refractivity contribution is 0.158. The standard InChI is InChI=1S/C11H25N/c1-6-8-11(12,9-7-2)10(3,4)5/h6-9,12H2,1-5H3. The SMILES string of the molecule is CCCC(N)(CCC)C(C)(C)C. The Labute approximate surface area is 77.7 Å². The van der Waals surface area contributed by atoms with Gasteiger partial charge in [0.05, 0.1) is 0 Å². The van der Waals surface area contributed by atoms with Crippen LogP contribution in [-0.2, 0) is 0 Å². The number of rotatable bonds is 4. The zero-order chi connectivity index (χ0) is 9.83. The molecule has 0 spiro atoms. The second-order valence-corrected chi connectivity index (χ2v) is 4.91. The first-order valence-electron chi connectivity index (χ1n) is 5.16. The lowest BCUT2D eigenvalue weighted by Crippen LogP contribution is -2.51. The summed E-state index contributed by atoms with van der Waals surface area (Å²) in [5, 5.41) is 0. The van der Waals surface area contributed by atoms with Crippen molar-refractivity contribution < 1.29 is 0 Å². The monoisotopic (exact) mass is 171 g/mol. The molecule has 0 aromatic heterocycles. The van der Waals surface area contributed by atoms with E-state index in [0.717, 1.165) is 12.8 Å². The highest BCUT2D eigenvalue weighted by Gasteiger charge is 2.35. The summed E-state index contributed by atoms with van der Waals surface area (Å²) < 4.78 is 0. The normalized spacial score (nSPS) is 13.5. The Morgan fingerprint density at radius 2 is 1.25 bits per heavy atom. The molecule has 2 N–H and O–H groups in total. The molecular formula is C11H25N. The van der Waals surface area contributed by atoms with E-state index in [4.69, 9.17) is 5.73 Å². The van der Waals surface area contributed by atoms with Crippen LogP contribution in [0.25, 0.3) is 0 Å². The Morgan fingerprint density at radius 3 is 1.42 bits per heavy atom. The summed E-state index contributed by atoms with van der Waals surface area (Å²) in [6, 6.07) is 0. The van der Waals surface area contributed by atoms with E-state index in [1.165, 1.54) is 12.8 Å². The Kier molecular flexibility index (Phi) is 4.25. The maximum absolute atomic E-state index is 6.40. The molecule has 0 heterocycles. The van der Waals surface area contributed by atoms with Crippen LogP contribution in [0.5, 0.6) is 0 Å². The van der Waals surface area contributed by atoms with Crippen molar-refractivity contribution in [2.75, 3.05) is 0 Å². The first kappa shape index (κ1) is 12.0. The first-order valence-corrected chi connectivity index (χ1v) is 5.16. The Bertz CT molecular complexity index is 115. The average Bonchev–Trinajstić information content (AvgIpc) is 1.86. The van der Waals surface area contributed by atoms with Gasteiger partial charge in [-0.25, -0.2) is 0 Å². The summed E-state index contributed by atoms with van der Waals surface area (Å²) in [5.74, 6) is 0. The minimum absolute atomic E-state index is 0.0382. The van der Waals surface area contributed by atoms with Crippen molar-refractivity contribution in [1.82, 2.24) is 0 Å². The van der Waals surface area contributed by atoms with Crippen LogP contribution in [0.3, 0.4) is 0 Å². The third kappa shape index (κ3) is 2.78. The molecule has 0 aliphatic rings. The second kappa shape index (κ2) is 4.27. The minimum Gasteiger partial charge on any atom is -0.325 e. The molecule has 0 rings (SSSR count).